The molecule has 0 aliphatic carbocycles. The van der Waals surface area contributed by atoms with Gasteiger partial charge in [0.2, 0.25) is 5.52 Å². The van der Waals surface area contributed by atoms with Gasteiger partial charge in [0.25, 0.3) is 5.69 Å². The quantitative estimate of drug-likeness (QED) is 0.571. The number of nitrogens with zero attached hydrogens (tertiary/aromatic N) is 1. The summed E-state index contributed by atoms with van der Waals surface area (Å²) < 4.78 is 1.86. The van der Waals surface area contributed by atoms with Crippen molar-refractivity contribution in [3.63, 3.8) is 0 Å². The zero-order chi connectivity index (χ0) is 17.2. The van der Waals surface area contributed by atoms with Crippen LogP contribution in [0.2, 0.25) is 0 Å². The van der Waals surface area contributed by atoms with Crippen LogP contribution >= 0.6 is 0 Å². The zero-order valence-electron chi connectivity index (χ0n) is 13.6. The second-order valence-corrected chi connectivity index (χ2v) is 5.87. The summed E-state index contributed by atoms with van der Waals surface area (Å²) in [5.41, 5.74) is 11.1. The summed E-state index contributed by atoms with van der Waals surface area (Å²) in [5.74, 6) is -0.446. The van der Waals surface area contributed by atoms with E-state index in [1.807, 2.05) is 89.5 Å². The SMILES string of the molecule is NC(=O)c1c(-c2ccccc2)c(-c2ccccc2)cc2cccc[n+]12. The first-order valence-electron chi connectivity index (χ1n) is 8.14. The van der Waals surface area contributed by atoms with Crippen molar-refractivity contribution in [2.45, 2.75) is 0 Å². The van der Waals surface area contributed by atoms with E-state index in [-0.39, 0.29) is 0 Å². The van der Waals surface area contributed by atoms with Crippen molar-refractivity contribution in [3.8, 4) is 22.3 Å². The fourth-order valence-corrected chi connectivity index (χ4v) is 3.23. The number of hydrogen-bond donors (Lipinski definition) is 1. The monoisotopic (exact) mass is 325 g/mol. The number of rotatable bonds is 3. The lowest BCUT2D eigenvalue weighted by Crippen LogP contribution is -2.35. The van der Waals surface area contributed by atoms with Gasteiger partial charge in [-0.25, -0.2) is 0 Å². The Kier molecular flexibility index (Phi) is 3.75. The number of carbonyl (C=O) groups excluding carboxylic acids is 1. The maximum atomic E-state index is 12.4. The van der Waals surface area contributed by atoms with Crippen LogP contribution in [0.1, 0.15) is 10.5 Å². The molecule has 2 heterocycles. The molecule has 0 atom stereocenters. The first kappa shape index (κ1) is 15.1. The largest absolute Gasteiger partial charge is 0.360 e. The molecule has 0 unspecified atom stereocenters. The number of fused-ring (bicyclic) bond motifs is 1. The minimum Gasteiger partial charge on any atom is -0.360 e. The topological polar surface area (TPSA) is 47.2 Å². The zero-order valence-corrected chi connectivity index (χ0v) is 13.6. The second-order valence-electron chi connectivity index (χ2n) is 5.87. The van der Waals surface area contributed by atoms with E-state index in [0.717, 1.165) is 27.8 Å². The van der Waals surface area contributed by atoms with Crippen molar-refractivity contribution in [1.82, 2.24) is 0 Å². The molecular weight excluding hydrogens is 308 g/mol. The third kappa shape index (κ3) is 2.66. The van der Waals surface area contributed by atoms with Crippen LogP contribution in [-0.2, 0) is 0 Å². The van der Waals surface area contributed by atoms with Gasteiger partial charge in [-0.05, 0) is 17.2 Å². The lowest BCUT2D eigenvalue weighted by Gasteiger charge is -2.12. The van der Waals surface area contributed by atoms with Gasteiger partial charge in [-0.15, -0.1) is 0 Å². The molecule has 0 saturated carbocycles. The number of benzene rings is 2. The first-order valence-corrected chi connectivity index (χ1v) is 8.14. The Bertz CT molecular complexity index is 1060. The number of pyridine rings is 2. The van der Waals surface area contributed by atoms with Crippen LogP contribution in [0.3, 0.4) is 0 Å². The normalized spacial score (nSPS) is 10.7. The molecular formula is C22H17N2O+. The van der Waals surface area contributed by atoms with E-state index in [1.54, 1.807) is 0 Å². The molecule has 0 radical (unpaired) electrons. The van der Waals surface area contributed by atoms with Crippen LogP contribution in [0.5, 0.6) is 0 Å². The highest BCUT2D eigenvalue weighted by atomic mass is 16.1. The molecule has 2 aromatic carbocycles. The van der Waals surface area contributed by atoms with Crippen LogP contribution in [0, 0.1) is 0 Å². The highest BCUT2D eigenvalue weighted by Gasteiger charge is 2.26. The fraction of sp³-hybridized carbons (Fsp3) is 0. The molecule has 4 rings (SSSR count). The van der Waals surface area contributed by atoms with Crippen LogP contribution in [0.25, 0.3) is 27.8 Å². The van der Waals surface area contributed by atoms with Crippen molar-refractivity contribution < 1.29 is 9.20 Å². The maximum Gasteiger partial charge on any atom is 0.314 e. The van der Waals surface area contributed by atoms with Gasteiger partial charge in [0.15, 0.2) is 6.20 Å². The minimum atomic E-state index is -0.446. The van der Waals surface area contributed by atoms with Gasteiger partial charge in [-0.3, -0.25) is 4.79 Å². The van der Waals surface area contributed by atoms with E-state index in [4.69, 9.17) is 5.73 Å². The number of amides is 1. The molecule has 2 aromatic heterocycles. The molecule has 0 aliphatic rings. The van der Waals surface area contributed by atoms with Crippen LogP contribution in [0.15, 0.2) is 91.1 Å². The summed E-state index contributed by atoms with van der Waals surface area (Å²) in [6.07, 6.45) is 1.87. The number of aromatic nitrogens is 1. The van der Waals surface area contributed by atoms with Gasteiger partial charge in [0.1, 0.15) is 0 Å². The van der Waals surface area contributed by atoms with E-state index in [0.29, 0.717) is 5.69 Å². The average Bonchev–Trinajstić information content (AvgIpc) is 2.67. The molecule has 0 bridgehead atoms. The van der Waals surface area contributed by atoms with Gasteiger partial charge in [0.05, 0.1) is 5.56 Å². The van der Waals surface area contributed by atoms with Gasteiger partial charge in [-0.2, -0.15) is 4.40 Å². The van der Waals surface area contributed by atoms with Crippen molar-refractivity contribution in [2.75, 3.05) is 0 Å². The Balaban J connectivity index is 2.18. The molecule has 3 nitrogen and oxygen atoms in total. The number of nitrogens with two attached hydrogens (primary N) is 1. The van der Waals surface area contributed by atoms with Crippen LogP contribution < -0.4 is 10.1 Å². The van der Waals surface area contributed by atoms with E-state index >= 15 is 0 Å². The van der Waals surface area contributed by atoms with E-state index in [2.05, 4.69) is 6.07 Å². The molecule has 2 N–H and O–H groups in total. The molecule has 4 aromatic rings. The summed E-state index contributed by atoms with van der Waals surface area (Å²) in [7, 11) is 0. The number of carbonyl (C=O) groups is 1. The molecule has 0 spiro atoms. The molecule has 3 heteroatoms. The van der Waals surface area contributed by atoms with E-state index < -0.39 is 5.91 Å². The Hall–Kier alpha value is -3.46. The average molecular weight is 325 g/mol. The van der Waals surface area contributed by atoms with Crippen LogP contribution in [-0.4, -0.2) is 5.91 Å². The highest BCUT2D eigenvalue weighted by Crippen LogP contribution is 2.34. The minimum absolute atomic E-state index is 0.446. The van der Waals surface area contributed by atoms with Crippen molar-refractivity contribution >= 4 is 11.4 Å². The van der Waals surface area contributed by atoms with Crippen LogP contribution in [0.4, 0.5) is 0 Å². The number of hydrogen-bond acceptors (Lipinski definition) is 1. The van der Waals surface area contributed by atoms with Gasteiger partial charge >= 0.3 is 5.91 Å². The summed E-state index contributed by atoms with van der Waals surface area (Å²) in [6.45, 7) is 0. The lowest BCUT2D eigenvalue weighted by molar-refractivity contribution is -0.514. The summed E-state index contributed by atoms with van der Waals surface area (Å²) >= 11 is 0. The Morgan fingerprint density at radius 1 is 0.760 bits per heavy atom. The summed E-state index contributed by atoms with van der Waals surface area (Å²) in [6, 6.07) is 27.9. The number of primary amides is 1. The smallest absolute Gasteiger partial charge is 0.314 e. The Morgan fingerprint density at radius 2 is 1.36 bits per heavy atom. The van der Waals surface area contributed by atoms with E-state index in [1.165, 1.54) is 0 Å². The molecule has 25 heavy (non-hydrogen) atoms. The molecule has 0 aliphatic heterocycles. The standard InChI is InChI=1S/C22H16N2O/c23-22(25)21-20(17-11-5-2-6-12-17)19(16-9-3-1-4-10-16)15-18-13-7-8-14-24(18)21/h1-15H,(H-,23,25)/p+1. The van der Waals surface area contributed by atoms with Gasteiger partial charge in [-0.1, -0.05) is 60.7 Å². The Labute approximate surface area is 146 Å². The molecule has 0 saturated heterocycles. The maximum absolute atomic E-state index is 12.4. The van der Waals surface area contributed by atoms with Gasteiger partial charge in [0, 0.05) is 23.8 Å². The summed E-state index contributed by atoms with van der Waals surface area (Å²) in [5, 5.41) is 0. The Morgan fingerprint density at radius 3 is 2.00 bits per heavy atom. The van der Waals surface area contributed by atoms with Crippen molar-refractivity contribution in [1.29, 1.82) is 0 Å². The predicted molar refractivity (Wildman–Crippen MR) is 99.0 cm³/mol. The highest BCUT2D eigenvalue weighted by molar-refractivity contribution is 6.01. The van der Waals surface area contributed by atoms with Crippen molar-refractivity contribution in [3.05, 3.63) is 96.8 Å². The lowest BCUT2D eigenvalue weighted by atomic mass is 9.92. The first-order chi connectivity index (χ1) is 12.3. The molecule has 1 amide bonds. The van der Waals surface area contributed by atoms with E-state index in [9.17, 15) is 4.79 Å². The molecule has 120 valence electrons. The molecule has 0 fully saturated rings. The third-order valence-corrected chi connectivity index (χ3v) is 4.31. The summed E-state index contributed by atoms with van der Waals surface area (Å²) in [4.78, 5) is 12.4. The van der Waals surface area contributed by atoms with Gasteiger partial charge < -0.3 is 5.73 Å². The fourth-order valence-electron chi connectivity index (χ4n) is 3.23. The second kappa shape index (κ2) is 6.21. The predicted octanol–water partition coefficient (Wildman–Crippen LogP) is 3.86. The third-order valence-electron chi connectivity index (χ3n) is 4.31. The van der Waals surface area contributed by atoms with Crippen molar-refractivity contribution in [2.24, 2.45) is 5.73 Å².